The summed E-state index contributed by atoms with van der Waals surface area (Å²) < 4.78 is 26.3. The minimum atomic E-state index is -4.80. The van der Waals surface area contributed by atoms with Crippen LogP contribution >= 0.6 is 7.82 Å². The summed E-state index contributed by atoms with van der Waals surface area (Å²) in [5.74, 6) is -0.242. The number of carbonyl (C=O) groups excluding carboxylic acids is 2. The number of esters is 2. The molecule has 0 aliphatic heterocycles. The molecule has 0 bridgehead atoms. The van der Waals surface area contributed by atoms with E-state index < -0.39 is 38.6 Å². The van der Waals surface area contributed by atoms with E-state index in [4.69, 9.17) is 19.3 Å². The van der Waals surface area contributed by atoms with E-state index in [9.17, 15) is 19.3 Å². The predicted molar refractivity (Wildman–Crippen MR) is 227 cm³/mol. The van der Waals surface area contributed by atoms with Gasteiger partial charge in [0.05, 0.1) is 12.7 Å². The van der Waals surface area contributed by atoms with Crippen molar-refractivity contribution < 1.29 is 43.0 Å². The molecule has 322 valence electrons. The molecule has 0 aromatic carbocycles. The van der Waals surface area contributed by atoms with Gasteiger partial charge in [-0.15, -0.1) is 0 Å². The topological polar surface area (TPSA) is 140 Å². The van der Waals surface area contributed by atoms with E-state index in [2.05, 4.69) is 37.4 Å². The van der Waals surface area contributed by atoms with Gasteiger partial charge in [-0.3, -0.25) is 14.1 Å². The van der Waals surface area contributed by atoms with E-state index in [1.54, 1.807) is 12.2 Å². The lowest BCUT2D eigenvalue weighted by atomic mass is 10.0. The van der Waals surface area contributed by atoms with Gasteiger partial charge in [-0.2, -0.15) is 0 Å². The van der Waals surface area contributed by atoms with Crippen molar-refractivity contribution in [3.05, 3.63) is 36.5 Å². The lowest BCUT2D eigenvalue weighted by molar-refractivity contribution is -0.161. The summed E-state index contributed by atoms with van der Waals surface area (Å²) in [7, 11) is -4.80. The molecule has 0 saturated heterocycles. The molecule has 55 heavy (non-hydrogen) atoms. The van der Waals surface area contributed by atoms with Crippen molar-refractivity contribution in [3.63, 3.8) is 0 Å². The number of unbranched alkanes of at least 4 members (excludes halogenated alkanes) is 21. The van der Waals surface area contributed by atoms with Gasteiger partial charge >= 0.3 is 19.8 Å². The smallest absolute Gasteiger partial charge is 0.462 e. The van der Waals surface area contributed by atoms with E-state index in [-0.39, 0.29) is 19.4 Å². The molecule has 0 rings (SSSR count). The molecule has 0 amide bonds. The van der Waals surface area contributed by atoms with Crippen molar-refractivity contribution in [2.75, 3.05) is 13.2 Å². The van der Waals surface area contributed by atoms with Crippen LogP contribution in [0.15, 0.2) is 36.5 Å². The number of phosphoric ester groups is 1. The van der Waals surface area contributed by atoms with Gasteiger partial charge < -0.3 is 24.4 Å². The molecule has 0 aliphatic carbocycles. The van der Waals surface area contributed by atoms with E-state index in [1.165, 1.54) is 122 Å². The number of allylic oxidation sites excluding steroid dienone is 5. The van der Waals surface area contributed by atoms with Crippen molar-refractivity contribution in [1.82, 2.24) is 0 Å². The summed E-state index contributed by atoms with van der Waals surface area (Å²) in [5, 5.41) is 10.2. The lowest BCUT2D eigenvalue weighted by Gasteiger charge is -2.18. The molecule has 9 nitrogen and oxygen atoms in total. The lowest BCUT2D eigenvalue weighted by Crippen LogP contribution is -2.29. The van der Waals surface area contributed by atoms with Gasteiger partial charge in [0.1, 0.15) is 6.61 Å². The SMILES string of the molecule is CCCCCCCC/C=C/C/C=C/C=C/C(O)CCCC(=O)OC[C@H](COP(=O)(O)O)OC(=O)CCCCCCCCCCCCCCCCCCC(C)C. The van der Waals surface area contributed by atoms with Crippen LogP contribution in [0.1, 0.15) is 207 Å². The Balaban J connectivity index is 4.03. The summed E-state index contributed by atoms with van der Waals surface area (Å²) in [6, 6.07) is 0. The first kappa shape index (κ1) is 53.2. The van der Waals surface area contributed by atoms with Crippen LogP contribution in [0.3, 0.4) is 0 Å². The highest BCUT2D eigenvalue weighted by Crippen LogP contribution is 2.36. The van der Waals surface area contributed by atoms with Crippen LogP contribution in [0.2, 0.25) is 0 Å². The fourth-order valence-electron chi connectivity index (χ4n) is 6.33. The zero-order valence-corrected chi connectivity index (χ0v) is 36.2. The van der Waals surface area contributed by atoms with Crippen LogP contribution < -0.4 is 0 Å². The first-order valence-electron chi connectivity index (χ1n) is 22.2. The zero-order valence-electron chi connectivity index (χ0n) is 35.4. The Bertz CT molecular complexity index is 1020. The Morgan fingerprint density at radius 1 is 0.600 bits per heavy atom. The number of rotatable bonds is 40. The van der Waals surface area contributed by atoms with Crippen LogP contribution in [0.25, 0.3) is 0 Å². The van der Waals surface area contributed by atoms with E-state index in [0.717, 1.165) is 38.0 Å². The Morgan fingerprint density at radius 3 is 1.69 bits per heavy atom. The zero-order chi connectivity index (χ0) is 40.7. The summed E-state index contributed by atoms with van der Waals surface area (Å²) in [4.78, 5) is 42.9. The number of phosphoric acid groups is 1. The first-order chi connectivity index (χ1) is 26.5. The minimum Gasteiger partial charge on any atom is -0.462 e. The highest BCUT2D eigenvalue weighted by molar-refractivity contribution is 7.46. The second-order valence-electron chi connectivity index (χ2n) is 15.7. The number of hydrogen-bond acceptors (Lipinski definition) is 7. The van der Waals surface area contributed by atoms with Gasteiger partial charge in [0.2, 0.25) is 0 Å². The average Bonchev–Trinajstić information content (AvgIpc) is 3.13. The third kappa shape index (κ3) is 43.2. The van der Waals surface area contributed by atoms with Crippen LogP contribution in [-0.4, -0.2) is 52.3 Å². The van der Waals surface area contributed by atoms with Gasteiger partial charge in [-0.1, -0.05) is 192 Å². The van der Waals surface area contributed by atoms with Gasteiger partial charge in [0, 0.05) is 12.8 Å². The summed E-state index contributed by atoms with van der Waals surface area (Å²) in [6.07, 6.45) is 41.9. The largest absolute Gasteiger partial charge is 0.469 e. The van der Waals surface area contributed by atoms with Crippen LogP contribution in [0.5, 0.6) is 0 Å². The van der Waals surface area contributed by atoms with Crippen molar-refractivity contribution in [1.29, 1.82) is 0 Å². The highest BCUT2D eigenvalue weighted by atomic mass is 31.2. The second-order valence-corrected chi connectivity index (χ2v) is 16.9. The van der Waals surface area contributed by atoms with E-state index in [0.29, 0.717) is 19.3 Å². The minimum absolute atomic E-state index is 0.0447. The fourth-order valence-corrected chi connectivity index (χ4v) is 6.69. The maximum atomic E-state index is 12.4. The maximum Gasteiger partial charge on any atom is 0.469 e. The molecule has 1 unspecified atom stereocenters. The summed E-state index contributed by atoms with van der Waals surface area (Å²) >= 11 is 0. The van der Waals surface area contributed by atoms with Gasteiger partial charge in [-0.05, 0) is 44.4 Å². The normalized spacial score (nSPS) is 13.4. The Labute approximate surface area is 336 Å². The van der Waals surface area contributed by atoms with Gasteiger partial charge in [-0.25, -0.2) is 4.57 Å². The van der Waals surface area contributed by atoms with Crippen LogP contribution in [0, 0.1) is 5.92 Å². The quantitative estimate of drug-likeness (QED) is 0.0182. The number of ether oxygens (including phenoxy) is 2. The fraction of sp³-hybridized carbons (Fsp3) is 0.822. The third-order valence-corrected chi connectivity index (χ3v) is 10.2. The Morgan fingerprint density at radius 2 is 1.13 bits per heavy atom. The molecule has 3 N–H and O–H groups in total. The number of aliphatic hydroxyl groups excluding tert-OH is 1. The molecular formula is C45H83O9P. The highest BCUT2D eigenvalue weighted by Gasteiger charge is 2.23. The van der Waals surface area contributed by atoms with Crippen molar-refractivity contribution in [2.45, 2.75) is 219 Å². The molecule has 0 spiro atoms. The molecule has 0 aromatic heterocycles. The molecular weight excluding hydrogens is 715 g/mol. The maximum absolute atomic E-state index is 12.4. The molecule has 0 radical (unpaired) electrons. The van der Waals surface area contributed by atoms with Gasteiger partial charge in [0.25, 0.3) is 0 Å². The third-order valence-electron chi connectivity index (χ3n) is 9.69. The molecule has 0 aliphatic rings. The van der Waals surface area contributed by atoms with Crippen molar-refractivity contribution in [2.24, 2.45) is 5.92 Å². The van der Waals surface area contributed by atoms with Crippen LogP contribution in [0.4, 0.5) is 0 Å². The number of carbonyl (C=O) groups is 2. The molecule has 0 fully saturated rings. The van der Waals surface area contributed by atoms with Gasteiger partial charge in [0.15, 0.2) is 6.10 Å². The second kappa shape index (κ2) is 39.1. The molecule has 10 heteroatoms. The molecule has 0 heterocycles. The standard InChI is InChI=1S/C45H83O9P/c1-4-5-6-7-8-9-10-15-19-22-25-28-31-35-42(46)36-33-38-44(47)52-39-43(40-53-55(49,50)51)54-45(48)37-32-29-26-23-20-17-14-12-11-13-16-18-21-24-27-30-34-41(2)3/h15,19,25,28,31,35,41-43,46H,4-14,16-18,20-24,26-27,29-30,32-34,36-40H2,1-3H3,(H2,49,50,51)/b19-15+,28-25+,35-31+/t42?,43-/m1/s1. The van der Waals surface area contributed by atoms with Crippen molar-refractivity contribution >= 4 is 19.8 Å². The Hall–Kier alpha value is -1.77. The summed E-state index contributed by atoms with van der Waals surface area (Å²) in [6.45, 7) is 5.88. The molecule has 0 saturated carbocycles. The average molecular weight is 799 g/mol. The number of hydrogen-bond donors (Lipinski definition) is 3. The molecule has 0 aromatic rings. The van der Waals surface area contributed by atoms with Crippen molar-refractivity contribution in [3.8, 4) is 0 Å². The predicted octanol–water partition coefficient (Wildman–Crippen LogP) is 12.6. The van der Waals surface area contributed by atoms with E-state index in [1.807, 2.05) is 12.2 Å². The van der Waals surface area contributed by atoms with Crippen LogP contribution in [-0.2, 0) is 28.2 Å². The number of aliphatic hydroxyl groups is 1. The summed E-state index contributed by atoms with van der Waals surface area (Å²) in [5.41, 5.74) is 0. The van der Waals surface area contributed by atoms with E-state index >= 15 is 0 Å². The Kier molecular flexibility index (Phi) is 37.8. The molecule has 2 atom stereocenters. The monoisotopic (exact) mass is 799 g/mol. The first-order valence-corrected chi connectivity index (χ1v) is 23.8.